The van der Waals surface area contributed by atoms with Crippen LogP contribution >= 0.6 is 11.3 Å². The van der Waals surface area contributed by atoms with E-state index >= 15 is 0 Å². The molecule has 1 saturated heterocycles. The fourth-order valence-corrected chi connectivity index (χ4v) is 2.53. The zero-order valence-electron chi connectivity index (χ0n) is 11.8. The lowest BCUT2D eigenvalue weighted by atomic mass is 9.86. The van der Waals surface area contributed by atoms with Gasteiger partial charge in [0.15, 0.2) is 5.13 Å². The average Bonchev–Trinajstić information content (AvgIpc) is 2.98. The maximum Gasteiger partial charge on any atom is 0.516 e. The number of hydrogen-bond acceptors (Lipinski definition) is 5. The minimum Gasteiger partial charge on any atom is -0.398 e. The molecule has 3 rings (SSSR count). The average molecular weight is 295 g/mol. The second-order valence-electron chi connectivity index (χ2n) is 5.71. The molecule has 2 aromatic heterocycles. The first kappa shape index (κ1) is 13.7. The quantitative estimate of drug-likeness (QED) is 0.792. The molecular weight excluding hydrogens is 280 g/mol. The zero-order chi connectivity index (χ0) is 14.5. The van der Waals surface area contributed by atoms with Crippen molar-refractivity contribution in [3.05, 3.63) is 23.9 Å². The summed E-state index contributed by atoms with van der Waals surface area (Å²) in [4.78, 5) is 7.96. The highest BCUT2D eigenvalue weighted by molar-refractivity contribution is 7.12. The fourth-order valence-electron chi connectivity index (χ4n) is 1.92. The third-order valence-electron chi connectivity index (χ3n) is 3.80. The Balaban J connectivity index is 1.92. The number of halogens is 1. The molecule has 0 aliphatic carbocycles. The van der Waals surface area contributed by atoms with Crippen molar-refractivity contribution in [2.45, 2.75) is 38.9 Å². The summed E-state index contributed by atoms with van der Waals surface area (Å²) in [6, 6.07) is 0. The second-order valence-corrected chi connectivity index (χ2v) is 6.58. The lowest BCUT2D eigenvalue weighted by molar-refractivity contribution is 0.00578. The van der Waals surface area contributed by atoms with E-state index in [0.29, 0.717) is 10.7 Å². The van der Waals surface area contributed by atoms with Gasteiger partial charge < -0.3 is 9.31 Å². The summed E-state index contributed by atoms with van der Waals surface area (Å²) in [6.45, 7) is 7.78. The number of nitrogens with zero attached hydrogens (tertiary/aromatic N) is 3. The van der Waals surface area contributed by atoms with Gasteiger partial charge in [-0.15, -0.1) is 11.3 Å². The molecule has 106 valence electrons. The SMILES string of the molecule is CC1(C)OB(c2cn(-c3nccs3)c(F)n2)OC1(C)C. The summed E-state index contributed by atoms with van der Waals surface area (Å²) in [5, 5.41) is 2.31. The smallest absolute Gasteiger partial charge is 0.398 e. The monoisotopic (exact) mass is 295 g/mol. The Morgan fingerprint density at radius 3 is 2.45 bits per heavy atom. The van der Waals surface area contributed by atoms with Crippen LogP contribution in [0.15, 0.2) is 17.8 Å². The summed E-state index contributed by atoms with van der Waals surface area (Å²) in [7, 11) is -0.671. The molecule has 0 atom stereocenters. The van der Waals surface area contributed by atoms with Crippen molar-refractivity contribution in [1.29, 1.82) is 0 Å². The molecule has 0 N–H and O–H groups in total. The van der Waals surface area contributed by atoms with Crippen molar-refractivity contribution in [3.8, 4) is 5.13 Å². The molecule has 1 aliphatic heterocycles. The maximum atomic E-state index is 13.9. The molecule has 0 aromatic carbocycles. The topological polar surface area (TPSA) is 49.2 Å². The minimum atomic E-state index is -0.671. The zero-order valence-corrected chi connectivity index (χ0v) is 12.6. The first-order valence-corrected chi connectivity index (χ1v) is 7.18. The van der Waals surface area contributed by atoms with Gasteiger partial charge in [0.05, 0.1) is 16.8 Å². The summed E-state index contributed by atoms with van der Waals surface area (Å²) in [5.74, 6) is 0. The highest BCUT2D eigenvalue weighted by Crippen LogP contribution is 2.36. The Bertz CT molecular complexity index is 611. The summed E-state index contributed by atoms with van der Waals surface area (Å²) >= 11 is 1.34. The van der Waals surface area contributed by atoms with Gasteiger partial charge in [0.1, 0.15) is 0 Å². The summed E-state index contributed by atoms with van der Waals surface area (Å²) in [5.41, 5.74) is -0.533. The van der Waals surface area contributed by atoms with Gasteiger partial charge >= 0.3 is 7.12 Å². The van der Waals surface area contributed by atoms with Gasteiger partial charge in [0.25, 0.3) is 6.08 Å². The molecule has 1 fully saturated rings. The van der Waals surface area contributed by atoms with E-state index in [2.05, 4.69) is 9.97 Å². The van der Waals surface area contributed by atoms with E-state index in [0.717, 1.165) is 0 Å². The van der Waals surface area contributed by atoms with Gasteiger partial charge in [-0.05, 0) is 27.7 Å². The highest BCUT2D eigenvalue weighted by Gasteiger charge is 2.52. The van der Waals surface area contributed by atoms with E-state index < -0.39 is 24.4 Å². The fraction of sp³-hybridized carbons (Fsp3) is 0.500. The van der Waals surface area contributed by atoms with Crippen LogP contribution in [0.5, 0.6) is 0 Å². The van der Waals surface area contributed by atoms with Crippen LogP contribution in [0, 0.1) is 6.08 Å². The van der Waals surface area contributed by atoms with Crippen LogP contribution < -0.4 is 5.59 Å². The molecular formula is C12H15BFN3O2S. The first-order chi connectivity index (χ1) is 9.30. The molecule has 0 unspecified atom stereocenters. The van der Waals surface area contributed by atoms with E-state index in [1.807, 2.05) is 27.7 Å². The molecule has 0 radical (unpaired) electrons. The Labute approximate surface area is 120 Å². The van der Waals surface area contributed by atoms with Gasteiger partial charge in [0, 0.05) is 17.8 Å². The Morgan fingerprint density at radius 2 is 1.90 bits per heavy atom. The van der Waals surface area contributed by atoms with E-state index in [1.165, 1.54) is 15.9 Å². The number of hydrogen-bond donors (Lipinski definition) is 0. The van der Waals surface area contributed by atoms with Crippen LogP contribution in [0.4, 0.5) is 4.39 Å². The normalized spacial score (nSPS) is 20.6. The van der Waals surface area contributed by atoms with Crippen molar-refractivity contribution in [2.24, 2.45) is 0 Å². The highest BCUT2D eigenvalue weighted by atomic mass is 32.1. The van der Waals surface area contributed by atoms with Crippen molar-refractivity contribution in [2.75, 3.05) is 0 Å². The largest absolute Gasteiger partial charge is 0.516 e. The van der Waals surface area contributed by atoms with Gasteiger partial charge in [0.2, 0.25) is 0 Å². The second kappa shape index (κ2) is 4.37. The predicted molar refractivity (Wildman–Crippen MR) is 74.9 cm³/mol. The molecule has 3 heterocycles. The molecule has 0 saturated carbocycles. The molecule has 0 bridgehead atoms. The van der Waals surface area contributed by atoms with Gasteiger partial charge in [-0.25, -0.2) is 9.97 Å². The lowest BCUT2D eigenvalue weighted by Gasteiger charge is -2.32. The number of thiazole rings is 1. The Hall–Kier alpha value is -1.25. The molecule has 0 spiro atoms. The summed E-state index contributed by atoms with van der Waals surface area (Å²) in [6.07, 6.45) is 2.56. The molecule has 2 aromatic rings. The van der Waals surface area contributed by atoms with E-state index in [-0.39, 0.29) is 0 Å². The van der Waals surface area contributed by atoms with Crippen molar-refractivity contribution >= 4 is 24.0 Å². The number of rotatable bonds is 2. The molecule has 5 nitrogen and oxygen atoms in total. The maximum absolute atomic E-state index is 13.9. The number of imidazole rings is 1. The molecule has 1 aliphatic rings. The van der Waals surface area contributed by atoms with Crippen LogP contribution in [-0.4, -0.2) is 32.9 Å². The van der Waals surface area contributed by atoms with Crippen molar-refractivity contribution in [3.63, 3.8) is 0 Å². The third-order valence-corrected chi connectivity index (χ3v) is 4.57. The standard InChI is InChI=1S/C12H15BFN3O2S/c1-11(2)12(3,4)19-13(18-11)8-7-17(9(14)16-8)10-15-5-6-20-10/h5-7H,1-4H3. The minimum absolute atomic E-state index is 0.413. The van der Waals surface area contributed by atoms with E-state index in [9.17, 15) is 4.39 Å². The molecule has 8 heteroatoms. The molecule has 20 heavy (non-hydrogen) atoms. The van der Waals surface area contributed by atoms with Crippen molar-refractivity contribution < 1.29 is 13.7 Å². The first-order valence-electron chi connectivity index (χ1n) is 6.30. The Kier molecular flexibility index (Phi) is 3.00. The third kappa shape index (κ3) is 2.08. The van der Waals surface area contributed by atoms with Gasteiger partial charge in [-0.3, -0.25) is 4.57 Å². The van der Waals surface area contributed by atoms with E-state index in [4.69, 9.17) is 9.31 Å². The van der Waals surface area contributed by atoms with Gasteiger partial charge in [-0.1, -0.05) is 0 Å². The van der Waals surface area contributed by atoms with Crippen LogP contribution in [0.3, 0.4) is 0 Å². The van der Waals surface area contributed by atoms with Crippen LogP contribution in [-0.2, 0) is 9.31 Å². The van der Waals surface area contributed by atoms with E-state index in [1.54, 1.807) is 17.8 Å². The predicted octanol–water partition coefficient (Wildman–Crippen LogP) is 1.77. The molecule has 0 amide bonds. The lowest BCUT2D eigenvalue weighted by Crippen LogP contribution is -2.41. The van der Waals surface area contributed by atoms with Crippen molar-refractivity contribution in [1.82, 2.24) is 14.5 Å². The van der Waals surface area contributed by atoms with Crippen LogP contribution in [0.25, 0.3) is 5.13 Å². The van der Waals surface area contributed by atoms with Crippen LogP contribution in [0.2, 0.25) is 0 Å². The van der Waals surface area contributed by atoms with Crippen LogP contribution in [0.1, 0.15) is 27.7 Å². The summed E-state index contributed by atoms with van der Waals surface area (Å²) < 4.78 is 26.9. The Morgan fingerprint density at radius 1 is 1.25 bits per heavy atom. The van der Waals surface area contributed by atoms with Gasteiger partial charge in [-0.2, -0.15) is 4.39 Å². The number of aromatic nitrogens is 3.